The maximum Gasteiger partial charge on any atom is 0.244 e. The van der Waals surface area contributed by atoms with Crippen molar-refractivity contribution >= 4 is 34.8 Å². The standard InChI is InChI=1S/C11H14Cl2N2O/c1-11(2,14-3)10(16)15-9-7(12)5-4-6-8(9)13/h4-6,14H,1-3H3,(H,15,16). The Labute approximate surface area is 105 Å². The number of hydrogen-bond donors (Lipinski definition) is 2. The number of carbonyl (C=O) groups is 1. The molecule has 0 radical (unpaired) electrons. The topological polar surface area (TPSA) is 41.1 Å². The molecular formula is C11H14Cl2N2O. The van der Waals surface area contributed by atoms with Gasteiger partial charge in [-0.2, -0.15) is 0 Å². The smallest absolute Gasteiger partial charge is 0.244 e. The molecule has 5 heteroatoms. The first kappa shape index (κ1) is 13.3. The zero-order valence-corrected chi connectivity index (χ0v) is 10.9. The molecule has 2 N–H and O–H groups in total. The molecule has 0 unspecified atom stereocenters. The van der Waals surface area contributed by atoms with Crippen molar-refractivity contribution < 1.29 is 4.79 Å². The molecular weight excluding hydrogens is 247 g/mol. The number of nitrogens with one attached hydrogen (secondary N) is 2. The molecule has 0 heterocycles. The zero-order chi connectivity index (χ0) is 12.3. The maximum absolute atomic E-state index is 11.9. The number of benzene rings is 1. The van der Waals surface area contributed by atoms with Crippen LogP contribution < -0.4 is 10.6 Å². The Kier molecular flexibility index (Phi) is 4.19. The second-order valence-electron chi connectivity index (χ2n) is 3.93. The molecule has 1 amide bonds. The van der Waals surface area contributed by atoms with Crippen LogP contribution in [0.15, 0.2) is 18.2 Å². The molecule has 0 atom stereocenters. The molecule has 0 aliphatic rings. The van der Waals surface area contributed by atoms with Gasteiger partial charge in [-0.25, -0.2) is 0 Å². The van der Waals surface area contributed by atoms with Gasteiger partial charge < -0.3 is 10.6 Å². The Morgan fingerprint density at radius 3 is 2.19 bits per heavy atom. The van der Waals surface area contributed by atoms with E-state index in [0.717, 1.165) is 0 Å². The van der Waals surface area contributed by atoms with Crippen molar-refractivity contribution in [2.45, 2.75) is 19.4 Å². The highest BCUT2D eigenvalue weighted by Crippen LogP contribution is 2.30. The fourth-order valence-electron chi connectivity index (χ4n) is 1.00. The minimum absolute atomic E-state index is 0.190. The normalized spacial score (nSPS) is 11.3. The third-order valence-corrected chi connectivity index (χ3v) is 3.02. The van der Waals surface area contributed by atoms with E-state index in [1.54, 1.807) is 39.1 Å². The molecule has 1 aromatic carbocycles. The van der Waals surface area contributed by atoms with Crippen LogP contribution in [0, 0.1) is 0 Å². The van der Waals surface area contributed by atoms with Crippen molar-refractivity contribution in [2.75, 3.05) is 12.4 Å². The minimum atomic E-state index is -0.678. The van der Waals surface area contributed by atoms with Gasteiger partial charge in [0.2, 0.25) is 5.91 Å². The first-order valence-electron chi connectivity index (χ1n) is 4.83. The van der Waals surface area contributed by atoms with Gasteiger partial charge in [-0.3, -0.25) is 4.79 Å². The summed E-state index contributed by atoms with van der Waals surface area (Å²) < 4.78 is 0. The van der Waals surface area contributed by atoms with Crippen molar-refractivity contribution in [3.63, 3.8) is 0 Å². The summed E-state index contributed by atoms with van der Waals surface area (Å²) in [6.07, 6.45) is 0. The molecule has 0 bridgehead atoms. The highest BCUT2D eigenvalue weighted by molar-refractivity contribution is 6.39. The molecule has 0 aromatic heterocycles. The number of likely N-dealkylation sites (N-methyl/N-ethyl adjacent to an activating group) is 1. The number of para-hydroxylation sites is 1. The van der Waals surface area contributed by atoms with Gasteiger partial charge in [0.1, 0.15) is 0 Å². The summed E-state index contributed by atoms with van der Waals surface area (Å²) in [7, 11) is 1.72. The van der Waals surface area contributed by atoms with Crippen LogP contribution in [0.1, 0.15) is 13.8 Å². The van der Waals surface area contributed by atoms with Gasteiger partial charge in [0.25, 0.3) is 0 Å². The van der Waals surface area contributed by atoms with Crippen LogP contribution >= 0.6 is 23.2 Å². The number of amides is 1. The van der Waals surface area contributed by atoms with E-state index < -0.39 is 5.54 Å². The second kappa shape index (κ2) is 5.04. The zero-order valence-electron chi connectivity index (χ0n) is 9.40. The number of rotatable bonds is 3. The lowest BCUT2D eigenvalue weighted by molar-refractivity contribution is -0.121. The van der Waals surface area contributed by atoms with Crippen molar-refractivity contribution in [2.24, 2.45) is 0 Å². The molecule has 0 aliphatic heterocycles. The molecule has 3 nitrogen and oxygen atoms in total. The van der Waals surface area contributed by atoms with Crippen LogP contribution in [0.3, 0.4) is 0 Å². The second-order valence-corrected chi connectivity index (χ2v) is 4.74. The molecule has 0 spiro atoms. The van der Waals surface area contributed by atoms with Gasteiger partial charge in [-0.15, -0.1) is 0 Å². The highest BCUT2D eigenvalue weighted by Gasteiger charge is 2.26. The van der Waals surface area contributed by atoms with Crippen LogP contribution in [-0.2, 0) is 4.79 Å². The van der Waals surface area contributed by atoms with Crippen LogP contribution in [0.25, 0.3) is 0 Å². The van der Waals surface area contributed by atoms with Gasteiger partial charge in [-0.05, 0) is 33.0 Å². The molecule has 0 saturated heterocycles. The Bertz CT molecular complexity index is 385. The maximum atomic E-state index is 11.9. The van der Waals surface area contributed by atoms with Crippen LogP contribution in [0.5, 0.6) is 0 Å². The van der Waals surface area contributed by atoms with E-state index in [-0.39, 0.29) is 5.91 Å². The van der Waals surface area contributed by atoms with Crippen LogP contribution in [0.4, 0.5) is 5.69 Å². The Morgan fingerprint density at radius 1 is 1.25 bits per heavy atom. The number of halogens is 2. The number of carbonyl (C=O) groups excluding carboxylic acids is 1. The molecule has 1 aromatic rings. The Morgan fingerprint density at radius 2 is 1.75 bits per heavy atom. The first-order chi connectivity index (χ1) is 7.38. The summed E-state index contributed by atoms with van der Waals surface area (Å²) in [6, 6.07) is 5.08. The fraction of sp³-hybridized carbons (Fsp3) is 0.364. The van der Waals surface area contributed by atoms with Crippen molar-refractivity contribution in [1.82, 2.24) is 5.32 Å². The SMILES string of the molecule is CNC(C)(C)C(=O)Nc1c(Cl)cccc1Cl. The number of hydrogen-bond acceptors (Lipinski definition) is 2. The van der Waals surface area contributed by atoms with Crippen molar-refractivity contribution in [3.05, 3.63) is 28.2 Å². The summed E-state index contributed by atoms with van der Waals surface area (Å²) in [5, 5.41) is 6.45. The fourth-order valence-corrected chi connectivity index (χ4v) is 1.49. The van der Waals surface area contributed by atoms with Gasteiger partial charge in [0.05, 0.1) is 21.3 Å². The van der Waals surface area contributed by atoms with Gasteiger partial charge >= 0.3 is 0 Å². The molecule has 1 rings (SSSR count). The summed E-state index contributed by atoms with van der Waals surface area (Å²) >= 11 is 11.9. The van der Waals surface area contributed by atoms with E-state index >= 15 is 0 Å². The van der Waals surface area contributed by atoms with E-state index in [9.17, 15) is 4.79 Å². The van der Waals surface area contributed by atoms with Crippen molar-refractivity contribution in [3.8, 4) is 0 Å². The Balaban J connectivity index is 2.94. The molecule has 16 heavy (non-hydrogen) atoms. The van der Waals surface area contributed by atoms with E-state index in [1.807, 2.05) is 0 Å². The Hall–Kier alpha value is -0.770. The summed E-state index contributed by atoms with van der Waals surface area (Å²) in [6.45, 7) is 3.54. The average Bonchev–Trinajstić information content (AvgIpc) is 2.23. The predicted molar refractivity (Wildman–Crippen MR) is 68.2 cm³/mol. The third-order valence-electron chi connectivity index (χ3n) is 2.39. The summed E-state index contributed by atoms with van der Waals surface area (Å²) in [5.74, 6) is -0.190. The third kappa shape index (κ3) is 2.88. The number of anilines is 1. The lowest BCUT2D eigenvalue weighted by Crippen LogP contribution is -2.47. The lowest BCUT2D eigenvalue weighted by Gasteiger charge is -2.23. The quantitative estimate of drug-likeness (QED) is 0.878. The molecule has 0 aliphatic carbocycles. The van der Waals surface area contributed by atoms with Crippen LogP contribution in [-0.4, -0.2) is 18.5 Å². The molecule has 0 saturated carbocycles. The van der Waals surface area contributed by atoms with E-state index in [2.05, 4.69) is 10.6 Å². The first-order valence-corrected chi connectivity index (χ1v) is 5.58. The van der Waals surface area contributed by atoms with E-state index in [0.29, 0.717) is 15.7 Å². The monoisotopic (exact) mass is 260 g/mol. The van der Waals surface area contributed by atoms with Gasteiger partial charge in [0.15, 0.2) is 0 Å². The molecule has 88 valence electrons. The highest BCUT2D eigenvalue weighted by atomic mass is 35.5. The lowest BCUT2D eigenvalue weighted by atomic mass is 10.1. The average molecular weight is 261 g/mol. The van der Waals surface area contributed by atoms with Gasteiger partial charge in [0, 0.05) is 0 Å². The van der Waals surface area contributed by atoms with Gasteiger partial charge in [-0.1, -0.05) is 29.3 Å². The summed E-state index contributed by atoms with van der Waals surface area (Å²) in [5.41, 5.74) is -0.234. The van der Waals surface area contributed by atoms with Crippen molar-refractivity contribution in [1.29, 1.82) is 0 Å². The van der Waals surface area contributed by atoms with E-state index in [1.165, 1.54) is 0 Å². The van der Waals surface area contributed by atoms with E-state index in [4.69, 9.17) is 23.2 Å². The molecule has 0 fully saturated rings. The largest absolute Gasteiger partial charge is 0.322 e. The predicted octanol–water partition coefficient (Wildman–Crippen LogP) is 2.93. The summed E-state index contributed by atoms with van der Waals surface area (Å²) in [4.78, 5) is 11.9. The minimum Gasteiger partial charge on any atom is -0.322 e. The van der Waals surface area contributed by atoms with Crippen LogP contribution in [0.2, 0.25) is 10.0 Å².